The molecule has 9 heteroatoms. The van der Waals surface area contributed by atoms with Crippen LogP contribution in [0.5, 0.6) is 5.75 Å². The van der Waals surface area contributed by atoms with Crippen molar-refractivity contribution in [2.75, 3.05) is 66.5 Å². The molecule has 2 amide bonds. The van der Waals surface area contributed by atoms with Crippen LogP contribution >= 0.6 is 0 Å². The third-order valence-electron chi connectivity index (χ3n) is 9.23. The standard InChI is InChI=1S/C33H52N4O5/c1-6-7-15-35(16-9-8-14-34(4)5)30(39)22-37-21-26(24-10-11-28-25(19-24)13-18-42-28)31(32(40)41)27(37)12-17-36-23-33(2,3)20-29(36)38/h10-11,19,26-27,31H,6-9,12-18,20-23H2,1-5H3,(H,40,41). The van der Waals surface area contributed by atoms with E-state index in [4.69, 9.17) is 4.74 Å². The van der Waals surface area contributed by atoms with Gasteiger partial charge in [0.25, 0.3) is 0 Å². The van der Waals surface area contributed by atoms with Crippen molar-refractivity contribution < 1.29 is 24.2 Å². The first-order chi connectivity index (χ1) is 20.0. The average Bonchev–Trinajstić information content (AvgIpc) is 3.60. The Morgan fingerprint density at radius 2 is 1.86 bits per heavy atom. The minimum Gasteiger partial charge on any atom is -0.493 e. The van der Waals surface area contributed by atoms with Gasteiger partial charge in [-0.25, -0.2) is 0 Å². The molecule has 42 heavy (non-hydrogen) atoms. The normalized spacial score (nSPS) is 23.4. The zero-order chi connectivity index (χ0) is 30.4. The SMILES string of the molecule is CCCCN(CCCCN(C)C)C(=O)CN1CC(c2ccc3c(c2)CCO3)C(C(=O)O)C1CCN1CC(C)(C)CC1=O. The molecule has 0 saturated carbocycles. The van der Waals surface area contributed by atoms with Gasteiger partial charge < -0.3 is 24.5 Å². The Morgan fingerprint density at radius 3 is 2.52 bits per heavy atom. The molecule has 0 spiro atoms. The van der Waals surface area contributed by atoms with Gasteiger partial charge in [0.15, 0.2) is 0 Å². The highest BCUT2D eigenvalue weighted by molar-refractivity contribution is 5.80. The molecule has 0 aromatic heterocycles. The van der Waals surface area contributed by atoms with Gasteiger partial charge in [0.1, 0.15) is 5.75 Å². The Balaban J connectivity index is 1.54. The molecule has 1 aromatic carbocycles. The Hall–Kier alpha value is -2.65. The predicted molar refractivity (Wildman–Crippen MR) is 164 cm³/mol. The molecule has 3 aliphatic rings. The summed E-state index contributed by atoms with van der Waals surface area (Å²) in [6, 6.07) is 5.73. The van der Waals surface area contributed by atoms with E-state index in [0.29, 0.717) is 39.1 Å². The number of ether oxygens (including phenoxy) is 1. The van der Waals surface area contributed by atoms with Crippen molar-refractivity contribution in [1.82, 2.24) is 19.6 Å². The average molecular weight is 585 g/mol. The van der Waals surface area contributed by atoms with Gasteiger partial charge in [-0.05, 0) is 68.9 Å². The maximum absolute atomic E-state index is 13.8. The van der Waals surface area contributed by atoms with Gasteiger partial charge in [0.2, 0.25) is 11.8 Å². The van der Waals surface area contributed by atoms with Gasteiger partial charge >= 0.3 is 5.97 Å². The number of hydrogen-bond donors (Lipinski definition) is 1. The Morgan fingerprint density at radius 1 is 1.12 bits per heavy atom. The zero-order valence-corrected chi connectivity index (χ0v) is 26.4. The van der Waals surface area contributed by atoms with Crippen LogP contribution < -0.4 is 4.74 Å². The van der Waals surface area contributed by atoms with Gasteiger partial charge in [-0.2, -0.15) is 0 Å². The van der Waals surface area contributed by atoms with Crippen molar-refractivity contribution in [2.24, 2.45) is 11.3 Å². The zero-order valence-electron chi connectivity index (χ0n) is 26.4. The van der Waals surface area contributed by atoms with Crippen LogP contribution in [-0.2, 0) is 20.8 Å². The summed E-state index contributed by atoms with van der Waals surface area (Å²) in [7, 11) is 4.13. The molecule has 3 heterocycles. The summed E-state index contributed by atoms with van der Waals surface area (Å²) in [5.41, 5.74) is 2.04. The van der Waals surface area contributed by atoms with Crippen LogP contribution in [0.15, 0.2) is 18.2 Å². The molecule has 3 atom stereocenters. The smallest absolute Gasteiger partial charge is 0.308 e. The molecule has 2 fully saturated rings. The van der Waals surface area contributed by atoms with Crippen LogP contribution in [0.4, 0.5) is 0 Å². The Labute approximate surface area is 252 Å². The summed E-state index contributed by atoms with van der Waals surface area (Å²) in [5.74, 6) is -0.649. The molecule has 4 rings (SSSR count). The minimum atomic E-state index is -0.837. The van der Waals surface area contributed by atoms with Crippen LogP contribution in [0, 0.1) is 11.3 Å². The van der Waals surface area contributed by atoms with E-state index in [0.717, 1.165) is 68.6 Å². The summed E-state index contributed by atoms with van der Waals surface area (Å²) in [5, 5.41) is 10.6. The number of carbonyl (C=O) groups is 3. The fourth-order valence-corrected chi connectivity index (χ4v) is 7.02. The maximum Gasteiger partial charge on any atom is 0.308 e. The van der Waals surface area contributed by atoms with Gasteiger partial charge in [0, 0.05) is 57.5 Å². The third-order valence-corrected chi connectivity index (χ3v) is 9.23. The number of likely N-dealkylation sites (tertiary alicyclic amines) is 2. The number of nitrogens with zero attached hydrogens (tertiary/aromatic N) is 4. The van der Waals surface area contributed by atoms with Gasteiger partial charge in [-0.15, -0.1) is 0 Å². The van der Waals surface area contributed by atoms with Gasteiger partial charge in [0.05, 0.1) is 19.1 Å². The molecule has 0 aliphatic carbocycles. The molecule has 0 radical (unpaired) electrons. The molecule has 3 aliphatic heterocycles. The molecule has 2 saturated heterocycles. The molecule has 234 valence electrons. The lowest BCUT2D eigenvalue weighted by molar-refractivity contribution is -0.144. The third kappa shape index (κ3) is 8.04. The van der Waals surface area contributed by atoms with Crippen LogP contribution in [0.2, 0.25) is 0 Å². The van der Waals surface area contributed by atoms with Crippen molar-refractivity contribution in [3.63, 3.8) is 0 Å². The Bertz CT molecular complexity index is 1110. The summed E-state index contributed by atoms with van der Waals surface area (Å²) in [6.45, 7) is 11.3. The minimum absolute atomic E-state index is 0.0730. The van der Waals surface area contributed by atoms with E-state index in [1.807, 2.05) is 21.9 Å². The number of unbranched alkanes of at least 4 members (excludes halogenated alkanes) is 2. The highest BCUT2D eigenvalue weighted by Gasteiger charge is 2.48. The van der Waals surface area contributed by atoms with Crippen LogP contribution in [0.25, 0.3) is 0 Å². The number of amides is 2. The van der Waals surface area contributed by atoms with Crippen molar-refractivity contribution in [2.45, 2.75) is 77.7 Å². The highest BCUT2D eigenvalue weighted by Crippen LogP contribution is 2.41. The fourth-order valence-electron chi connectivity index (χ4n) is 7.02. The number of carboxylic acid groups (broad SMARTS) is 1. The molecule has 9 nitrogen and oxygen atoms in total. The predicted octanol–water partition coefficient (Wildman–Crippen LogP) is 3.71. The van der Waals surface area contributed by atoms with E-state index in [-0.39, 0.29) is 35.7 Å². The summed E-state index contributed by atoms with van der Waals surface area (Å²) in [4.78, 5) is 47.6. The molecular weight excluding hydrogens is 532 g/mol. The molecule has 3 unspecified atom stereocenters. The first-order valence-electron chi connectivity index (χ1n) is 15.9. The van der Waals surface area contributed by atoms with Crippen molar-refractivity contribution in [3.8, 4) is 5.75 Å². The topological polar surface area (TPSA) is 93.6 Å². The largest absolute Gasteiger partial charge is 0.493 e. The van der Waals surface area contributed by atoms with Crippen molar-refractivity contribution >= 4 is 17.8 Å². The lowest BCUT2D eigenvalue weighted by atomic mass is 9.83. The molecule has 1 N–H and O–H groups in total. The lowest BCUT2D eigenvalue weighted by Crippen LogP contribution is -2.46. The molecule has 0 bridgehead atoms. The van der Waals surface area contributed by atoms with E-state index in [1.165, 1.54) is 0 Å². The van der Waals surface area contributed by atoms with E-state index < -0.39 is 11.9 Å². The van der Waals surface area contributed by atoms with E-state index in [9.17, 15) is 19.5 Å². The van der Waals surface area contributed by atoms with Crippen LogP contribution in [0.1, 0.15) is 76.3 Å². The lowest BCUT2D eigenvalue weighted by Gasteiger charge is -2.31. The monoisotopic (exact) mass is 584 g/mol. The molecule has 1 aromatic rings. The number of rotatable bonds is 15. The quantitative estimate of drug-likeness (QED) is 0.314. The number of aliphatic carboxylic acids is 1. The van der Waals surface area contributed by atoms with Crippen molar-refractivity contribution in [1.29, 1.82) is 0 Å². The number of benzene rings is 1. The Kier molecular flexibility index (Phi) is 10.9. The first kappa shape index (κ1) is 32.3. The molecular formula is C33H52N4O5. The van der Waals surface area contributed by atoms with E-state index in [1.54, 1.807) is 0 Å². The van der Waals surface area contributed by atoms with Crippen molar-refractivity contribution in [3.05, 3.63) is 29.3 Å². The van der Waals surface area contributed by atoms with Gasteiger partial charge in [-0.3, -0.25) is 19.3 Å². The first-order valence-corrected chi connectivity index (χ1v) is 15.9. The van der Waals surface area contributed by atoms with E-state index >= 15 is 0 Å². The summed E-state index contributed by atoms with van der Waals surface area (Å²) >= 11 is 0. The van der Waals surface area contributed by atoms with Crippen LogP contribution in [0.3, 0.4) is 0 Å². The van der Waals surface area contributed by atoms with E-state index in [2.05, 4.69) is 50.7 Å². The second kappa shape index (κ2) is 14.2. The maximum atomic E-state index is 13.8. The summed E-state index contributed by atoms with van der Waals surface area (Å²) in [6.07, 6.45) is 5.82. The number of carbonyl (C=O) groups excluding carboxylic acids is 2. The fraction of sp³-hybridized carbons (Fsp3) is 0.727. The number of carboxylic acids is 1. The number of fused-ring (bicyclic) bond motifs is 1. The highest BCUT2D eigenvalue weighted by atomic mass is 16.5. The summed E-state index contributed by atoms with van der Waals surface area (Å²) < 4.78 is 5.70. The van der Waals surface area contributed by atoms with Crippen LogP contribution in [-0.4, -0.2) is 115 Å². The second-order valence-corrected chi connectivity index (χ2v) is 13.6. The second-order valence-electron chi connectivity index (χ2n) is 13.6. The number of hydrogen-bond acceptors (Lipinski definition) is 6. The van der Waals surface area contributed by atoms with Gasteiger partial charge in [-0.1, -0.05) is 39.3 Å².